The van der Waals surface area contributed by atoms with E-state index in [1.54, 1.807) is 6.33 Å². The number of nitrogens with zero attached hydrogens (tertiary/aromatic N) is 6. The SMILES string of the molecule is CC(C)c1nccc(CN2CCN(c3ncnc4[nH]ccc34)CC2)n1. The van der Waals surface area contributed by atoms with Crippen LogP contribution in [0.2, 0.25) is 0 Å². The van der Waals surface area contributed by atoms with Crippen LogP contribution in [0, 0.1) is 0 Å². The predicted octanol–water partition coefficient (Wildman–Crippen LogP) is 2.19. The van der Waals surface area contributed by atoms with Gasteiger partial charge in [0.15, 0.2) is 0 Å². The summed E-state index contributed by atoms with van der Waals surface area (Å²) in [6.45, 7) is 9.04. The molecule has 0 radical (unpaired) electrons. The zero-order valence-corrected chi connectivity index (χ0v) is 14.7. The first-order valence-corrected chi connectivity index (χ1v) is 8.78. The van der Waals surface area contributed by atoms with Gasteiger partial charge in [-0.25, -0.2) is 19.9 Å². The highest BCUT2D eigenvalue weighted by molar-refractivity contribution is 5.87. The number of hydrogen-bond acceptors (Lipinski definition) is 6. The van der Waals surface area contributed by atoms with Gasteiger partial charge in [0, 0.05) is 51.0 Å². The van der Waals surface area contributed by atoms with Crippen molar-refractivity contribution in [2.24, 2.45) is 0 Å². The lowest BCUT2D eigenvalue weighted by Crippen LogP contribution is -2.46. The third kappa shape index (κ3) is 3.32. The fourth-order valence-electron chi connectivity index (χ4n) is 3.24. The summed E-state index contributed by atoms with van der Waals surface area (Å²) >= 11 is 0. The Kier molecular flexibility index (Phi) is 4.31. The molecule has 0 saturated carbocycles. The average molecular weight is 337 g/mol. The fourth-order valence-corrected chi connectivity index (χ4v) is 3.24. The van der Waals surface area contributed by atoms with Gasteiger partial charge in [0.1, 0.15) is 23.6 Å². The molecular weight excluding hydrogens is 314 g/mol. The first-order valence-electron chi connectivity index (χ1n) is 8.78. The molecule has 4 rings (SSSR count). The van der Waals surface area contributed by atoms with Crippen LogP contribution in [0.4, 0.5) is 5.82 Å². The second-order valence-electron chi connectivity index (χ2n) is 6.76. The molecule has 1 aliphatic heterocycles. The Labute approximate surface area is 147 Å². The Hall–Kier alpha value is -2.54. The molecule has 130 valence electrons. The van der Waals surface area contributed by atoms with Crippen molar-refractivity contribution < 1.29 is 0 Å². The molecule has 0 aliphatic carbocycles. The van der Waals surface area contributed by atoms with Crippen LogP contribution < -0.4 is 4.90 Å². The van der Waals surface area contributed by atoms with Crippen LogP contribution in [0.1, 0.15) is 31.3 Å². The summed E-state index contributed by atoms with van der Waals surface area (Å²) in [4.78, 5) is 25.7. The van der Waals surface area contributed by atoms with Crippen molar-refractivity contribution in [3.05, 3.63) is 42.4 Å². The van der Waals surface area contributed by atoms with Gasteiger partial charge in [0.05, 0.1) is 11.1 Å². The topological polar surface area (TPSA) is 73.8 Å². The number of aromatic amines is 1. The van der Waals surface area contributed by atoms with E-state index in [1.165, 1.54) is 0 Å². The van der Waals surface area contributed by atoms with Crippen molar-refractivity contribution in [2.45, 2.75) is 26.3 Å². The van der Waals surface area contributed by atoms with E-state index < -0.39 is 0 Å². The van der Waals surface area contributed by atoms with E-state index in [-0.39, 0.29) is 0 Å². The zero-order valence-electron chi connectivity index (χ0n) is 14.7. The quantitative estimate of drug-likeness (QED) is 0.787. The van der Waals surface area contributed by atoms with Crippen LogP contribution in [-0.4, -0.2) is 56.0 Å². The van der Waals surface area contributed by atoms with E-state index in [1.807, 2.05) is 24.5 Å². The van der Waals surface area contributed by atoms with Crippen molar-refractivity contribution in [1.82, 2.24) is 29.8 Å². The van der Waals surface area contributed by atoms with Gasteiger partial charge in [-0.2, -0.15) is 0 Å². The molecule has 3 aromatic rings. The molecule has 7 nitrogen and oxygen atoms in total. The summed E-state index contributed by atoms with van der Waals surface area (Å²) in [5.74, 6) is 2.31. The molecule has 0 amide bonds. The molecule has 1 aliphatic rings. The second-order valence-corrected chi connectivity index (χ2v) is 6.76. The van der Waals surface area contributed by atoms with Gasteiger partial charge in [0.25, 0.3) is 0 Å². The largest absolute Gasteiger partial charge is 0.353 e. The summed E-state index contributed by atoms with van der Waals surface area (Å²) in [6, 6.07) is 4.07. The zero-order chi connectivity index (χ0) is 17.2. The number of anilines is 1. The monoisotopic (exact) mass is 337 g/mol. The summed E-state index contributed by atoms with van der Waals surface area (Å²) in [6.07, 6.45) is 5.42. The van der Waals surface area contributed by atoms with Crippen molar-refractivity contribution in [2.75, 3.05) is 31.1 Å². The van der Waals surface area contributed by atoms with Crippen LogP contribution in [0.15, 0.2) is 30.9 Å². The van der Waals surface area contributed by atoms with Gasteiger partial charge >= 0.3 is 0 Å². The van der Waals surface area contributed by atoms with Crippen LogP contribution in [0.5, 0.6) is 0 Å². The van der Waals surface area contributed by atoms with Gasteiger partial charge in [-0.05, 0) is 12.1 Å². The molecule has 7 heteroatoms. The highest BCUT2D eigenvalue weighted by atomic mass is 15.3. The van der Waals surface area contributed by atoms with E-state index in [0.717, 1.165) is 61.1 Å². The van der Waals surface area contributed by atoms with Crippen LogP contribution in [-0.2, 0) is 6.54 Å². The standard InChI is InChI=1S/C18H23N7/c1-13(2)16-19-5-3-14(23-16)11-24-7-9-25(10-8-24)18-15-4-6-20-17(15)21-12-22-18/h3-6,12-13H,7-11H2,1-2H3,(H,20,21,22). The van der Waals surface area contributed by atoms with Gasteiger partial charge in [0.2, 0.25) is 0 Å². The number of aromatic nitrogens is 5. The third-order valence-electron chi connectivity index (χ3n) is 4.64. The highest BCUT2D eigenvalue weighted by Crippen LogP contribution is 2.23. The molecule has 0 unspecified atom stereocenters. The summed E-state index contributed by atoms with van der Waals surface area (Å²) < 4.78 is 0. The second kappa shape index (κ2) is 6.76. The van der Waals surface area contributed by atoms with Gasteiger partial charge < -0.3 is 9.88 Å². The molecule has 0 bridgehead atoms. The molecule has 0 atom stereocenters. The van der Waals surface area contributed by atoms with Crippen molar-refractivity contribution in [3.8, 4) is 0 Å². The van der Waals surface area contributed by atoms with Gasteiger partial charge in [-0.3, -0.25) is 4.90 Å². The van der Waals surface area contributed by atoms with Crippen molar-refractivity contribution >= 4 is 16.9 Å². The lowest BCUT2D eigenvalue weighted by molar-refractivity contribution is 0.246. The Morgan fingerprint density at radius 3 is 2.72 bits per heavy atom. The third-order valence-corrected chi connectivity index (χ3v) is 4.64. The average Bonchev–Trinajstić information content (AvgIpc) is 3.11. The number of H-pyrrole nitrogens is 1. The normalized spacial score (nSPS) is 16.0. The molecule has 4 heterocycles. The van der Waals surface area contributed by atoms with E-state index in [2.05, 4.69) is 48.6 Å². The highest BCUT2D eigenvalue weighted by Gasteiger charge is 2.20. The molecule has 0 spiro atoms. The summed E-state index contributed by atoms with van der Waals surface area (Å²) in [5, 5.41) is 1.09. The molecule has 3 aromatic heterocycles. The molecule has 25 heavy (non-hydrogen) atoms. The summed E-state index contributed by atoms with van der Waals surface area (Å²) in [7, 11) is 0. The Morgan fingerprint density at radius 2 is 1.92 bits per heavy atom. The Bertz CT molecular complexity index is 849. The smallest absolute Gasteiger partial charge is 0.142 e. The van der Waals surface area contributed by atoms with Crippen LogP contribution >= 0.6 is 0 Å². The van der Waals surface area contributed by atoms with E-state index in [9.17, 15) is 0 Å². The number of nitrogens with one attached hydrogen (secondary N) is 1. The molecule has 1 fully saturated rings. The molecule has 0 aromatic carbocycles. The first-order chi connectivity index (χ1) is 12.2. The van der Waals surface area contributed by atoms with Crippen molar-refractivity contribution in [3.63, 3.8) is 0 Å². The minimum absolute atomic E-state index is 0.360. The van der Waals surface area contributed by atoms with Crippen LogP contribution in [0.25, 0.3) is 11.0 Å². The van der Waals surface area contributed by atoms with E-state index >= 15 is 0 Å². The Balaban J connectivity index is 1.42. The number of hydrogen-bond donors (Lipinski definition) is 1. The van der Waals surface area contributed by atoms with Gasteiger partial charge in [-0.15, -0.1) is 0 Å². The van der Waals surface area contributed by atoms with E-state index in [4.69, 9.17) is 0 Å². The number of fused-ring (bicyclic) bond motifs is 1. The predicted molar refractivity (Wildman–Crippen MR) is 97.5 cm³/mol. The lowest BCUT2D eigenvalue weighted by Gasteiger charge is -2.35. The number of piperazine rings is 1. The van der Waals surface area contributed by atoms with E-state index in [0.29, 0.717) is 5.92 Å². The minimum Gasteiger partial charge on any atom is -0.353 e. The van der Waals surface area contributed by atoms with Crippen molar-refractivity contribution in [1.29, 1.82) is 0 Å². The maximum absolute atomic E-state index is 4.69. The fraction of sp³-hybridized carbons (Fsp3) is 0.444. The molecule has 1 saturated heterocycles. The maximum Gasteiger partial charge on any atom is 0.142 e. The molecular formula is C18H23N7. The lowest BCUT2D eigenvalue weighted by atomic mass is 10.2. The number of rotatable bonds is 4. The summed E-state index contributed by atoms with van der Waals surface area (Å²) in [5.41, 5.74) is 2.00. The Morgan fingerprint density at radius 1 is 1.08 bits per heavy atom. The molecule has 1 N–H and O–H groups in total. The first kappa shape index (κ1) is 16.0. The van der Waals surface area contributed by atoms with Crippen LogP contribution in [0.3, 0.4) is 0 Å². The van der Waals surface area contributed by atoms with Gasteiger partial charge in [-0.1, -0.05) is 13.8 Å². The minimum atomic E-state index is 0.360. The maximum atomic E-state index is 4.69.